The fourth-order valence-corrected chi connectivity index (χ4v) is 4.08. The molecule has 0 saturated heterocycles. The van der Waals surface area contributed by atoms with E-state index < -0.39 is 37.0 Å². The Morgan fingerprint density at radius 2 is 1.25 bits per heavy atom. The molecule has 0 saturated carbocycles. The number of rotatable bonds is 27. The molecule has 0 aromatic carbocycles. The molecule has 0 fully saturated rings. The van der Waals surface area contributed by atoms with E-state index in [4.69, 9.17) is 25.8 Å². The highest BCUT2D eigenvalue weighted by atomic mass is 16.5. The highest BCUT2D eigenvalue weighted by molar-refractivity contribution is 5.84. The van der Waals surface area contributed by atoms with Crippen LogP contribution in [0.2, 0.25) is 0 Å². The largest absolute Gasteiger partial charge is 0.480 e. The van der Waals surface area contributed by atoms with Crippen LogP contribution < -0.4 is 5.73 Å². The van der Waals surface area contributed by atoms with Crippen molar-refractivity contribution < 1.29 is 44.0 Å². The smallest absolute Gasteiger partial charge is 0.317 e. The quantitative estimate of drug-likeness (QED) is 0.100. The number of carbonyl (C=O) groups is 5. The summed E-state index contributed by atoms with van der Waals surface area (Å²) >= 11 is 0. The highest BCUT2D eigenvalue weighted by Crippen LogP contribution is 2.08. The van der Waals surface area contributed by atoms with Gasteiger partial charge in [-0.1, -0.05) is 33.1 Å². The van der Waals surface area contributed by atoms with E-state index in [1.165, 1.54) is 4.90 Å². The van der Waals surface area contributed by atoms with E-state index in [0.717, 1.165) is 32.1 Å². The summed E-state index contributed by atoms with van der Waals surface area (Å²) in [6.07, 6.45) is 5.30. The summed E-state index contributed by atoms with van der Waals surface area (Å²) in [5.41, 5.74) is 5.85. The Labute approximate surface area is 237 Å². The second kappa shape index (κ2) is 22.3. The van der Waals surface area contributed by atoms with Crippen molar-refractivity contribution in [3.8, 4) is 0 Å². The Hall–Kier alpha value is -2.45. The van der Waals surface area contributed by atoms with Gasteiger partial charge in [0.25, 0.3) is 0 Å². The summed E-state index contributed by atoms with van der Waals surface area (Å²) in [5.74, 6) is -2.95. The van der Waals surface area contributed by atoms with Crippen molar-refractivity contribution in [2.45, 2.75) is 64.8 Å². The second-order valence-electron chi connectivity index (χ2n) is 10.7. The third kappa shape index (κ3) is 22.4. The molecule has 5 N–H and O–H groups in total. The molecule has 232 valence electrons. The van der Waals surface area contributed by atoms with Crippen LogP contribution in [0.15, 0.2) is 0 Å². The lowest BCUT2D eigenvalue weighted by molar-refractivity contribution is -0.142. The number of unbranched alkanes of at least 4 members (excludes halogenated alkanes) is 4. The van der Waals surface area contributed by atoms with Crippen LogP contribution in [0, 0.1) is 5.92 Å². The zero-order valence-electron chi connectivity index (χ0n) is 24.4. The Kier molecular flexibility index (Phi) is 20.9. The number of hydrogen-bond acceptors (Lipinski definition) is 10. The van der Waals surface area contributed by atoms with E-state index in [1.54, 1.807) is 11.9 Å². The van der Waals surface area contributed by atoms with Gasteiger partial charge in [-0.05, 0) is 32.2 Å². The molecule has 13 heteroatoms. The first-order valence-electron chi connectivity index (χ1n) is 14.0. The molecule has 0 aromatic heterocycles. The van der Waals surface area contributed by atoms with Crippen molar-refractivity contribution in [2.75, 3.05) is 72.6 Å². The van der Waals surface area contributed by atoms with Crippen LogP contribution in [0.3, 0.4) is 0 Å². The zero-order chi connectivity index (χ0) is 30.5. The summed E-state index contributed by atoms with van der Waals surface area (Å²) in [6.45, 7) is 4.86. The first kappa shape index (κ1) is 37.6. The molecule has 40 heavy (non-hydrogen) atoms. The number of aliphatic carboxylic acids is 3. The molecule has 0 amide bonds. The van der Waals surface area contributed by atoms with Gasteiger partial charge >= 0.3 is 17.9 Å². The summed E-state index contributed by atoms with van der Waals surface area (Å²) in [6, 6.07) is -0.479. The molecule has 0 aromatic rings. The van der Waals surface area contributed by atoms with Crippen molar-refractivity contribution in [3.05, 3.63) is 0 Å². The second-order valence-corrected chi connectivity index (χ2v) is 10.7. The van der Waals surface area contributed by atoms with E-state index in [9.17, 15) is 24.0 Å². The van der Waals surface area contributed by atoms with E-state index >= 15 is 0 Å². The third-order valence-corrected chi connectivity index (χ3v) is 6.18. The maximum Gasteiger partial charge on any atom is 0.317 e. The number of carboxylic acid groups (broad SMARTS) is 3. The Morgan fingerprint density at radius 3 is 1.82 bits per heavy atom. The predicted octanol–water partition coefficient (Wildman–Crippen LogP) is 0.645. The van der Waals surface area contributed by atoms with Crippen LogP contribution in [-0.4, -0.2) is 138 Å². The Morgan fingerprint density at radius 1 is 0.725 bits per heavy atom. The molecule has 0 aliphatic carbocycles. The number of ether oxygens (including phenoxy) is 1. The molecule has 0 rings (SSSR count). The number of carbonyl (C=O) groups excluding carboxylic acids is 2. The number of Topliss-reactive ketones (excluding diaryl/α,β-unsaturated/α-hetero) is 2. The summed E-state index contributed by atoms with van der Waals surface area (Å²) in [7, 11) is 1.65. The lowest BCUT2D eigenvalue weighted by atomic mass is 10.0. The molecule has 0 heterocycles. The fraction of sp³-hybridized carbons (Fsp3) is 0.815. The molecule has 13 nitrogen and oxygen atoms in total. The lowest BCUT2D eigenvalue weighted by Crippen LogP contribution is -2.44. The van der Waals surface area contributed by atoms with Gasteiger partial charge in [0, 0.05) is 39.2 Å². The zero-order valence-corrected chi connectivity index (χ0v) is 24.4. The normalized spacial score (nSPS) is 12.4. The van der Waals surface area contributed by atoms with Crippen molar-refractivity contribution in [1.82, 2.24) is 14.7 Å². The van der Waals surface area contributed by atoms with Crippen molar-refractivity contribution >= 4 is 29.5 Å². The topological polar surface area (TPSA) is 191 Å². The van der Waals surface area contributed by atoms with Gasteiger partial charge in [0.2, 0.25) is 0 Å². The minimum absolute atomic E-state index is 0.0171. The molecular formula is C27H50N4O9. The van der Waals surface area contributed by atoms with Crippen LogP contribution in [0.4, 0.5) is 0 Å². The van der Waals surface area contributed by atoms with Gasteiger partial charge in [-0.15, -0.1) is 0 Å². The van der Waals surface area contributed by atoms with Crippen LogP contribution in [0.5, 0.6) is 0 Å². The van der Waals surface area contributed by atoms with E-state index in [1.807, 2.05) is 18.7 Å². The molecular weight excluding hydrogens is 524 g/mol. The van der Waals surface area contributed by atoms with Crippen molar-refractivity contribution in [3.63, 3.8) is 0 Å². The van der Waals surface area contributed by atoms with Gasteiger partial charge in [-0.25, -0.2) is 0 Å². The van der Waals surface area contributed by atoms with Crippen molar-refractivity contribution in [2.24, 2.45) is 11.7 Å². The van der Waals surface area contributed by atoms with Crippen molar-refractivity contribution in [1.29, 1.82) is 0 Å². The highest BCUT2D eigenvalue weighted by Gasteiger charge is 2.18. The monoisotopic (exact) mass is 574 g/mol. The Balaban J connectivity index is 4.43. The first-order chi connectivity index (χ1) is 18.8. The van der Waals surface area contributed by atoms with E-state index in [2.05, 4.69) is 0 Å². The minimum Gasteiger partial charge on any atom is -0.480 e. The van der Waals surface area contributed by atoms with Gasteiger partial charge in [0.05, 0.1) is 32.2 Å². The number of likely N-dealkylation sites (N-methyl/N-ethyl adjacent to an activating group) is 1. The van der Waals surface area contributed by atoms with E-state index in [0.29, 0.717) is 38.5 Å². The van der Waals surface area contributed by atoms with Gasteiger partial charge in [-0.3, -0.25) is 38.7 Å². The molecule has 0 bridgehead atoms. The number of nitrogens with two attached hydrogens (primary N) is 1. The van der Waals surface area contributed by atoms with Gasteiger partial charge in [0.1, 0.15) is 12.4 Å². The predicted molar refractivity (Wildman–Crippen MR) is 149 cm³/mol. The number of nitrogens with zero attached hydrogens (tertiary/aromatic N) is 3. The minimum atomic E-state index is -1.14. The molecule has 0 unspecified atom stereocenters. The molecule has 0 spiro atoms. The van der Waals surface area contributed by atoms with Gasteiger partial charge < -0.3 is 25.8 Å². The van der Waals surface area contributed by atoms with Crippen LogP contribution in [-0.2, 0) is 28.7 Å². The summed E-state index contributed by atoms with van der Waals surface area (Å²) < 4.78 is 5.44. The van der Waals surface area contributed by atoms with Crippen LogP contribution >= 0.6 is 0 Å². The molecule has 0 aliphatic rings. The van der Waals surface area contributed by atoms with Crippen LogP contribution in [0.1, 0.15) is 58.8 Å². The molecule has 0 radical (unpaired) electrons. The number of hydrogen-bond donors (Lipinski definition) is 4. The SMILES string of the molecule is CC(C)C[C@@H](N)C(=O)COCCCCCCCC(=O)CN(CCN(C)CC(=O)O)CCN(CC(=O)O)CC(=O)O. The molecule has 0 aliphatic heterocycles. The standard InChI is InChI=1S/C27H50N4O9/c1-21(2)15-23(28)24(33)20-40-14-8-6-4-5-7-9-22(32)16-30(11-10-29(3)17-25(34)35)12-13-31(18-26(36)37)19-27(38)39/h21,23H,4-20,28H2,1-3H3,(H,34,35)(H,36,37)(H,38,39)/t23-/m1/s1. The van der Waals surface area contributed by atoms with E-state index in [-0.39, 0.29) is 44.4 Å². The average molecular weight is 575 g/mol. The number of carboxylic acids is 3. The lowest BCUT2D eigenvalue weighted by Gasteiger charge is -2.27. The fourth-order valence-electron chi connectivity index (χ4n) is 4.08. The Bertz CT molecular complexity index is 763. The summed E-state index contributed by atoms with van der Waals surface area (Å²) in [4.78, 5) is 62.3. The maximum atomic E-state index is 12.6. The first-order valence-corrected chi connectivity index (χ1v) is 14.0. The van der Waals surface area contributed by atoms with Crippen LogP contribution in [0.25, 0.3) is 0 Å². The third-order valence-electron chi connectivity index (χ3n) is 6.18. The average Bonchev–Trinajstić information content (AvgIpc) is 2.82. The van der Waals surface area contributed by atoms with Gasteiger partial charge in [-0.2, -0.15) is 0 Å². The number of ketones is 2. The van der Waals surface area contributed by atoms with Gasteiger partial charge in [0.15, 0.2) is 5.78 Å². The molecule has 1 atom stereocenters. The summed E-state index contributed by atoms with van der Waals surface area (Å²) in [5, 5.41) is 27.0. The maximum absolute atomic E-state index is 12.6.